The molecule has 0 bridgehead atoms. The van der Waals surface area contributed by atoms with Crippen molar-refractivity contribution in [2.45, 2.75) is 6.92 Å². The molecular weight excluding hydrogens is 232 g/mol. The summed E-state index contributed by atoms with van der Waals surface area (Å²) in [6, 6.07) is 3.25. The summed E-state index contributed by atoms with van der Waals surface area (Å²) in [7, 11) is 3.39. The second-order valence-corrected chi connectivity index (χ2v) is 4.07. The van der Waals surface area contributed by atoms with Gasteiger partial charge in [0.25, 0.3) is 11.5 Å². The molecule has 0 unspecified atom stereocenters. The zero-order valence-electron chi connectivity index (χ0n) is 10.5. The molecule has 0 aliphatic rings. The first-order valence-electron chi connectivity index (χ1n) is 5.46. The van der Waals surface area contributed by atoms with Crippen molar-refractivity contribution in [2.75, 3.05) is 5.32 Å². The lowest BCUT2D eigenvalue weighted by molar-refractivity contribution is 0.102. The summed E-state index contributed by atoms with van der Waals surface area (Å²) in [5.41, 5.74) is 0.585. The number of hydrogen-bond acceptors (Lipinski definition) is 3. The van der Waals surface area contributed by atoms with Gasteiger partial charge in [0.1, 0.15) is 5.56 Å². The van der Waals surface area contributed by atoms with E-state index in [-0.39, 0.29) is 11.1 Å². The number of amides is 1. The Morgan fingerprint density at radius 3 is 2.67 bits per heavy atom. The van der Waals surface area contributed by atoms with Crippen LogP contribution in [-0.4, -0.2) is 20.0 Å². The highest BCUT2D eigenvalue weighted by molar-refractivity contribution is 6.03. The van der Waals surface area contributed by atoms with Crippen molar-refractivity contribution in [3.8, 4) is 0 Å². The van der Waals surface area contributed by atoms with E-state index in [0.29, 0.717) is 5.95 Å². The summed E-state index contributed by atoms with van der Waals surface area (Å²) in [6.45, 7) is 1.81. The van der Waals surface area contributed by atoms with E-state index < -0.39 is 5.91 Å². The molecular formula is C12H14N4O2. The zero-order chi connectivity index (χ0) is 13.3. The van der Waals surface area contributed by atoms with Gasteiger partial charge in [-0.15, -0.1) is 0 Å². The molecule has 0 atom stereocenters. The van der Waals surface area contributed by atoms with Crippen LogP contribution in [0.3, 0.4) is 0 Å². The summed E-state index contributed by atoms with van der Waals surface area (Å²) < 4.78 is 3.10. The molecule has 6 nitrogen and oxygen atoms in total. The lowest BCUT2D eigenvalue weighted by Gasteiger charge is -2.07. The van der Waals surface area contributed by atoms with Crippen LogP contribution in [0.15, 0.2) is 29.3 Å². The number of pyridine rings is 1. The first kappa shape index (κ1) is 12.1. The van der Waals surface area contributed by atoms with Crippen LogP contribution in [0.5, 0.6) is 0 Å². The molecule has 0 aromatic carbocycles. The van der Waals surface area contributed by atoms with Gasteiger partial charge in [0.2, 0.25) is 5.95 Å². The summed E-state index contributed by atoms with van der Waals surface area (Å²) >= 11 is 0. The summed E-state index contributed by atoms with van der Waals surface area (Å²) in [4.78, 5) is 27.9. The smallest absolute Gasteiger partial charge is 0.263 e. The van der Waals surface area contributed by atoms with Crippen LogP contribution >= 0.6 is 0 Å². The lowest BCUT2D eigenvalue weighted by Crippen LogP contribution is -2.29. The van der Waals surface area contributed by atoms with Gasteiger partial charge in [-0.2, -0.15) is 0 Å². The number of nitrogens with one attached hydrogen (secondary N) is 1. The van der Waals surface area contributed by atoms with Gasteiger partial charge in [0.05, 0.1) is 0 Å². The average molecular weight is 246 g/mol. The first-order chi connectivity index (χ1) is 8.50. The fourth-order valence-electron chi connectivity index (χ4n) is 1.56. The normalized spacial score (nSPS) is 10.4. The Morgan fingerprint density at radius 1 is 1.33 bits per heavy atom. The lowest BCUT2D eigenvalue weighted by atomic mass is 10.2. The number of nitrogens with zero attached hydrogens (tertiary/aromatic N) is 3. The van der Waals surface area contributed by atoms with Crippen LogP contribution in [0.2, 0.25) is 0 Å². The number of anilines is 1. The predicted octanol–water partition coefficient (Wildman–Crippen LogP) is 0.680. The van der Waals surface area contributed by atoms with Crippen LogP contribution in [0.25, 0.3) is 0 Å². The van der Waals surface area contributed by atoms with E-state index in [0.717, 1.165) is 5.69 Å². The molecule has 94 valence electrons. The second-order valence-electron chi connectivity index (χ2n) is 4.07. The molecule has 0 fully saturated rings. The Kier molecular flexibility index (Phi) is 3.01. The molecule has 2 rings (SSSR count). The third-order valence-electron chi connectivity index (χ3n) is 2.85. The SMILES string of the molecule is Cc1ccc(C(=O)Nc2nccn2C)c(=O)n1C. The van der Waals surface area contributed by atoms with E-state index in [4.69, 9.17) is 0 Å². The molecule has 0 aliphatic carbocycles. The molecule has 2 aromatic heterocycles. The third-order valence-corrected chi connectivity index (χ3v) is 2.85. The molecule has 2 aromatic rings. The van der Waals surface area contributed by atoms with Crippen LogP contribution in [0.4, 0.5) is 5.95 Å². The number of carbonyl (C=O) groups excluding carboxylic acids is 1. The molecule has 2 heterocycles. The Labute approximate surface area is 104 Å². The predicted molar refractivity (Wildman–Crippen MR) is 67.6 cm³/mol. The monoisotopic (exact) mass is 246 g/mol. The summed E-state index contributed by atoms with van der Waals surface area (Å²) in [5.74, 6) is -0.0486. The Hall–Kier alpha value is -2.37. The highest BCUT2D eigenvalue weighted by atomic mass is 16.2. The fourth-order valence-corrected chi connectivity index (χ4v) is 1.56. The molecule has 0 saturated carbocycles. The number of rotatable bonds is 2. The van der Waals surface area contributed by atoms with Crippen LogP contribution in [0, 0.1) is 6.92 Å². The largest absolute Gasteiger partial charge is 0.320 e. The third kappa shape index (κ3) is 2.04. The average Bonchev–Trinajstić information content (AvgIpc) is 2.72. The minimum atomic E-state index is -0.454. The number of hydrogen-bond donors (Lipinski definition) is 1. The van der Waals surface area contributed by atoms with Gasteiger partial charge in [0, 0.05) is 32.2 Å². The van der Waals surface area contributed by atoms with Crippen molar-refractivity contribution in [1.29, 1.82) is 0 Å². The molecule has 0 saturated heterocycles. The van der Waals surface area contributed by atoms with Crippen molar-refractivity contribution in [3.05, 3.63) is 46.1 Å². The van der Waals surface area contributed by atoms with Gasteiger partial charge in [0.15, 0.2) is 0 Å². The highest BCUT2D eigenvalue weighted by Gasteiger charge is 2.13. The Balaban J connectivity index is 2.33. The van der Waals surface area contributed by atoms with Gasteiger partial charge in [-0.05, 0) is 19.1 Å². The van der Waals surface area contributed by atoms with Gasteiger partial charge in [-0.1, -0.05) is 0 Å². The maximum atomic E-state index is 12.0. The quantitative estimate of drug-likeness (QED) is 0.847. The molecule has 0 aliphatic heterocycles. The molecule has 0 radical (unpaired) electrons. The number of carbonyl (C=O) groups is 1. The van der Waals surface area contributed by atoms with Crippen molar-refractivity contribution in [1.82, 2.24) is 14.1 Å². The van der Waals surface area contributed by atoms with Gasteiger partial charge in [-0.25, -0.2) is 4.98 Å². The van der Waals surface area contributed by atoms with Crippen molar-refractivity contribution in [3.63, 3.8) is 0 Å². The van der Waals surface area contributed by atoms with E-state index in [1.54, 1.807) is 37.1 Å². The molecule has 1 amide bonds. The Morgan fingerprint density at radius 2 is 2.06 bits per heavy atom. The molecule has 6 heteroatoms. The van der Waals surface area contributed by atoms with E-state index >= 15 is 0 Å². The summed E-state index contributed by atoms with van der Waals surface area (Å²) in [6.07, 6.45) is 3.28. The molecule has 18 heavy (non-hydrogen) atoms. The minimum Gasteiger partial charge on any atom is -0.320 e. The van der Waals surface area contributed by atoms with Gasteiger partial charge < -0.3 is 9.13 Å². The van der Waals surface area contributed by atoms with E-state index in [1.165, 1.54) is 10.6 Å². The van der Waals surface area contributed by atoms with E-state index in [9.17, 15) is 9.59 Å². The molecule has 0 spiro atoms. The Bertz CT molecular complexity index is 654. The van der Waals surface area contributed by atoms with E-state index in [2.05, 4.69) is 10.3 Å². The van der Waals surface area contributed by atoms with Gasteiger partial charge in [-0.3, -0.25) is 14.9 Å². The number of aromatic nitrogens is 3. The van der Waals surface area contributed by atoms with Crippen molar-refractivity contribution in [2.24, 2.45) is 14.1 Å². The van der Waals surface area contributed by atoms with Crippen LogP contribution in [0.1, 0.15) is 16.1 Å². The standard InChI is InChI=1S/C12H14N4O2/c1-8-4-5-9(11(18)16(8)3)10(17)14-12-13-6-7-15(12)2/h4-7H,1-3H3,(H,13,14,17). The second kappa shape index (κ2) is 4.48. The van der Waals surface area contributed by atoms with Gasteiger partial charge >= 0.3 is 0 Å². The summed E-state index contributed by atoms with van der Waals surface area (Å²) in [5, 5.41) is 2.59. The topological polar surface area (TPSA) is 68.9 Å². The van der Waals surface area contributed by atoms with E-state index in [1.807, 2.05) is 6.92 Å². The highest BCUT2D eigenvalue weighted by Crippen LogP contribution is 2.04. The van der Waals surface area contributed by atoms with Crippen LogP contribution in [-0.2, 0) is 14.1 Å². The zero-order valence-corrected chi connectivity index (χ0v) is 10.5. The first-order valence-corrected chi connectivity index (χ1v) is 5.46. The van der Waals surface area contributed by atoms with Crippen molar-refractivity contribution < 1.29 is 4.79 Å². The number of aryl methyl sites for hydroxylation is 2. The van der Waals surface area contributed by atoms with Crippen molar-refractivity contribution >= 4 is 11.9 Å². The molecule has 1 N–H and O–H groups in total. The minimum absolute atomic E-state index is 0.103. The maximum absolute atomic E-state index is 12.0. The number of imidazole rings is 1. The maximum Gasteiger partial charge on any atom is 0.263 e. The fraction of sp³-hybridized carbons (Fsp3) is 0.250. The van der Waals surface area contributed by atoms with Crippen LogP contribution < -0.4 is 10.9 Å².